The number of halogens is 6. The molecule has 0 fully saturated rings. The summed E-state index contributed by atoms with van der Waals surface area (Å²) in [5.41, 5.74) is -0.0623. The molecular weight excluding hydrogens is 305 g/mol. The van der Waals surface area contributed by atoms with E-state index in [1.165, 1.54) is 25.2 Å². The van der Waals surface area contributed by atoms with Crippen molar-refractivity contribution in [3.05, 3.63) is 29.0 Å². The fourth-order valence-electron chi connectivity index (χ4n) is 1.56. The Morgan fingerprint density at radius 3 is 2.30 bits per heavy atom. The van der Waals surface area contributed by atoms with Gasteiger partial charge < -0.3 is 5.32 Å². The monoisotopic (exact) mass is 311 g/mol. The number of anilines is 1. The predicted molar refractivity (Wildman–Crippen MR) is 64.0 cm³/mol. The van der Waals surface area contributed by atoms with Crippen LogP contribution in [0.1, 0.15) is 5.82 Å². The van der Waals surface area contributed by atoms with Gasteiger partial charge in [-0.2, -0.15) is 22.0 Å². The normalized spacial score (nSPS) is 12.8. The summed E-state index contributed by atoms with van der Waals surface area (Å²) in [5.74, 6) is -6.90. The number of alkyl halides is 5. The van der Waals surface area contributed by atoms with Crippen LogP contribution in [0.3, 0.4) is 0 Å². The Kier molecular flexibility index (Phi) is 3.45. The summed E-state index contributed by atoms with van der Waals surface area (Å²) < 4.78 is 63.6. The van der Waals surface area contributed by atoms with Gasteiger partial charge >= 0.3 is 12.1 Å². The third-order valence-electron chi connectivity index (χ3n) is 2.53. The molecule has 2 rings (SSSR count). The Hall–Kier alpha value is -1.70. The second-order valence-electron chi connectivity index (χ2n) is 3.88. The molecule has 0 saturated heterocycles. The van der Waals surface area contributed by atoms with Gasteiger partial charge in [0, 0.05) is 17.5 Å². The van der Waals surface area contributed by atoms with E-state index in [0.29, 0.717) is 0 Å². The third kappa shape index (κ3) is 2.35. The lowest BCUT2D eigenvalue weighted by Gasteiger charge is -2.19. The van der Waals surface area contributed by atoms with E-state index < -0.39 is 17.9 Å². The molecule has 1 N–H and O–H groups in total. The van der Waals surface area contributed by atoms with E-state index in [1.807, 2.05) is 0 Å². The molecule has 0 atom stereocenters. The van der Waals surface area contributed by atoms with E-state index in [-0.39, 0.29) is 21.7 Å². The second kappa shape index (κ2) is 4.69. The molecule has 1 aromatic heterocycles. The van der Waals surface area contributed by atoms with Gasteiger partial charge in [-0.15, -0.1) is 0 Å². The molecule has 0 unspecified atom stereocenters. The number of rotatable bonds is 2. The van der Waals surface area contributed by atoms with Crippen molar-refractivity contribution in [3.63, 3.8) is 0 Å². The molecule has 0 bridgehead atoms. The fourth-order valence-corrected chi connectivity index (χ4v) is 1.73. The molecule has 9 heteroatoms. The van der Waals surface area contributed by atoms with Crippen LogP contribution in [0, 0.1) is 0 Å². The maximum atomic E-state index is 13.3. The minimum absolute atomic E-state index is 0.0623. The van der Waals surface area contributed by atoms with Crippen LogP contribution in [-0.4, -0.2) is 23.2 Å². The van der Waals surface area contributed by atoms with Gasteiger partial charge in [0.25, 0.3) is 0 Å². The van der Waals surface area contributed by atoms with Crippen molar-refractivity contribution in [2.45, 2.75) is 12.1 Å². The molecule has 0 spiro atoms. The molecule has 1 aromatic carbocycles. The van der Waals surface area contributed by atoms with Gasteiger partial charge in [0.15, 0.2) is 0 Å². The average molecular weight is 312 g/mol. The van der Waals surface area contributed by atoms with E-state index in [4.69, 9.17) is 11.6 Å². The SMILES string of the molecule is CNc1nc(C(F)(F)C(F)(F)F)nc2ccc(Cl)cc12. The Morgan fingerprint density at radius 1 is 1.10 bits per heavy atom. The van der Waals surface area contributed by atoms with E-state index in [1.54, 1.807) is 0 Å². The summed E-state index contributed by atoms with van der Waals surface area (Å²) in [6, 6.07) is 3.96. The molecule has 0 aliphatic heterocycles. The van der Waals surface area contributed by atoms with Crippen molar-refractivity contribution in [1.82, 2.24) is 9.97 Å². The first-order valence-electron chi connectivity index (χ1n) is 5.27. The van der Waals surface area contributed by atoms with Crippen molar-refractivity contribution >= 4 is 28.3 Å². The minimum atomic E-state index is -5.77. The van der Waals surface area contributed by atoms with Gasteiger partial charge in [-0.1, -0.05) is 11.6 Å². The Labute approximate surface area is 114 Å². The third-order valence-corrected chi connectivity index (χ3v) is 2.77. The zero-order valence-electron chi connectivity index (χ0n) is 9.89. The zero-order valence-corrected chi connectivity index (χ0v) is 10.7. The van der Waals surface area contributed by atoms with E-state index in [0.717, 1.165) is 0 Å². The molecule has 0 aliphatic rings. The summed E-state index contributed by atoms with van der Waals surface area (Å²) in [7, 11) is 1.35. The Morgan fingerprint density at radius 2 is 1.75 bits per heavy atom. The first-order valence-corrected chi connectivity index (χ1v) is 5.64. The predicted octanol–water partition coefficient (Wildman–Crippen LogP) is 3.98. The highest BCUT2D eigenvalue weighted by Crippen LogP contribution is 2.43. The number of nitrogens with one attached hydrogen (secondary N) is 1. The number of benzene rings is 1. The van der Waals surface area contributed by atoms with Crippen LogP contribution in [0.2, 0.25) is 5.02 Å². The Balaban J connectivity index is 2.72. The topological polar surface area (TPSA) is 37.8 Å². The minimum Gasteiger partial charge on any atom is -0.373 e. The summed E-state index contributed by atoms with van der Waals surface area (Å²) in [6.07, 6.45) is -5.77. The fraction of sp³-hybridized carbons (Fsp3) is 0.273. The van der Waals surface area contributed by atoms with Crippen LogP contribution in [0.4, 0.5) is 27.8 Å². The van der Waals surface area contributed by atoms with Crippen LogP contribution in [0.15, 0.2) is 18.2 Å². The van der Waals surface area contributed by atoms with Crippen LogP contribution < -0.4 is 5.32 Å². The Bertz CT molecular complexity index is 656. The van der Waals surface area contributed by atoms with E-state index >= 15 is 0 Å². The lowest BCUT2D eigenvalue weighted by molar-refractivity contribution is -0.292. The van der Waals surface area contributed by atoms with E-state index in [2.05, 4.69) is 15.3 Å². The molecule has 2 aromatic rings. The first kappa shape index (κ1) is 14.7. The molecular formula is C11H7ClF5N3. The smallest absolute Gasteiger partial charge is 0.373 e. The van der Waals surface area contributed by atoms with Crippen molar-refractivity contribution in [2.24, 2.45) is 0 Å². The largest absolute Gasteiger partial charge is 0.461 e. The molecule has 1 heterocycles. The van der Waals surface area contributed by atoms with Gasteiger partial charge in [-0.3, -0.25) is 0 Å². The van der Waals surface area contributed by atoms with Crippen LogP contribution in [-0.2, 0) is 5.92 Å². The maximum absolute atomic E-state index is 13.3. The zero-order chi connectivity index (χ0) is 15.1. The number of hydrogen-bond acceptors (Lipinski definition) is 3. The average Bonchev–Trinajstić information content (AvgIpc) is 2.36. The summed E-state index contributed by atoms with van der Waals surface area (Å²) in [6.45, 7) is 0. The summed E-state index contributed by atoms with van der Waals surface area (Å²) >= 11 is 5.74. The van der Waals surface area contributed by atoms with E-state index in [9.17, 15) is 22.0 Å². The molecule has 108 valence electrons. The van der Waals surface area contributed by atoms with Crippen LogP contribution >= 0.6 is 11.6 Å². The van der Waals surface area contributed by atoms with Gasteiger partial charge in [-0.05, 0) is 18.2 Å². The molecule has 0 saturated carbocycles. The summed E-state index contributed by atoms with van der Waals surface area (Å²) in [4.78, 5) is 6.53. The number of hydrogen-bond donors (Lipinski definition) is 1. The quantitative estimate of drug-likeness (QED) is 0.853. The molecule has 3 nitrogen and oxygen atoms in total. The lowest BCUT2D eigenvalue weighted by atomic mass is 10.2. The molecule has 0 aliphatic carbocycles. The highest BCUT2D eigenvalue weighted by Gasteiger charge is 2.61. The molecule has 20 heavy (non-hydrogen) atoms. The maximum Gasteiger partial charge on any atom is 0.461 e. The highest BCUT2D eigenvalue weighted by molar-refractivity contribution is 6.31. The van der Waals surface area contributed by atoms with Crippen LogP contribution in [0.5, 0.6) is 0 Å². The van der Waals surface area contributed by atoms with Gasteiger partial charge in [-0.25, -0.2) is 9.97 Å². The standard InChI is InChI=1S/C11H7ClF5N3/c1-18-8-6-4-5(12)2-3-7(6)19-9(20-8)10(13,14)11(15,16)17/h2-4H,1H3,(H,18,19,20). The molecule has 0 amide bonds. The van der Waals surface area contributed by atoms with Gasteiger partial charge in [0.1, 0.15) is 5.82 Å². The number of nitrogens with zero attached hydrogens (tertiary/aromatic N) is 2. The van der Waals surface area contributed by atoms with Crippen molar-refractivity contribution < 1.29 is 22.0 Å². The lowest BCUT2D eigenvalue weighted by Crippen LogP contribution is -2.35. The van der Waals surface area contributed by atoms with Gasteiger partial charge in [0.05, 0.1) is 5.52 Å². The van der Waals surface area contributed by atoms with Gasteiger partial charge in [0.2, 0.25) is 5.82 Å². The molecule has 0 radical (unpaired) electrons. The number of fused-ring (bicyclic) bond motifs is 1. The second-order valence-corrected chi connectivity index (χ2v) is 4.32. The van der Waals surface area contributed by atoms with Crippen LogP contribution in [0.25, 0.3) is 10.9 Å². The van der Waals surface area contributed by atoms with Crippen molar-refractivity contribution in [3.8, 4) is 0 Å². The highest BCUT2D eigenvalue weighted by atomic mass is 35.5. The van der Waals surface area contributed by atoms with Crippen molar-refractivity contribution in [2.75, 3.05) is 12.4 Å². The summed E-state index contributed by atoms with van der Waals surface area (Å²) in [5, 5.41) is 2.99. The first-order chi connectivity index (χ1) is 9.16. The van der Waals surface area contributed by atoms with Crippen molar-refractivity contribution in [1.29, 1.82) is 0 Å². The number of aromatic nitrogens is 2.